The summed E-state index contributed by atoms with van der Waals surface area (Å²) in [6, 6.07) is 22.3. The van der Waals surface area contributed by atoms with E-state index in [0.29, 0.717) is 0 Å². The SMILES string of the molecule is CC1(C)CCC(C)(C)c2c1ccc1sc3cc4ccnc(-c5ccccc5)c4cc3c21. The Balaban J connectivity index is 1.75. The Morgan fingerprint density at radius 1 is 0.774 bits per heavy atom. The van der Waals surface area contributed by atoms with E-state index in [1.54, 1.807) is 5.56 Å². The van der Waals surface area contributed by atoms with Crippen molar-refractivity contribution in [1.82, 2.24) is 4.98 Å². The predicted octanol–water partition coefficient (Wildman–Crippen LogP) is 8.62. The normalized spacial score (nSPS) is 17.3. The van der Waals surface area contributed by atoms with Crippen molar-refractivity contribution in [2.24, 2.45) is 0 Å². The van der Waals surface area contributed by atoms with Gasteiger partial charge in [0.05, 0.1) is 5.69 Å². The lowest BCUT2D eigenvalue weighted by molar-refractivity contribution is 0.334. The molecule has 0 saturated heterocycles. The van der Waals surface area contributed by atoms with Crippen LogP contribution in [0.4, 0.5) is 0 Å². The highest BCUT2D eigenvalue weighted by Crippen LogP contribution is 2.51. The fourth-order valence-electron chi connectivity index (χ4n) is 5.51. The molecule has 1 aliphatic carbocycles. The average Bonchev–Trinajstić information content (AvgIpc) is 3.12. The Bertz CT molecular complexity index is 1470. The Morgan fingerprint density at radius 3 is 2.35 bits per heavy atom. The molecular weight excluding hydrogens is 394 g/mol. The molecule has 2 aromatic heterocycles. The van der Waals surface area contributed by atoms with Crippen LogP contribution in [0.3, 0.4) is 0 Å². The quantitative estimate of drug-likeness (QED) is 0.264. The van der Waals surface area contributed by atoms with E-state index in [9.17, 15) is 0 Å². The maximum Gasteiger partial charge on any atom is 0.0780 e. The molecule has 0 saturated carbocycles. The van der Waals surface area contributed by atoms with Crippen molar-refractivity contribution < 1.29 is 0 Å². The zero-order valence-corrected chi connectivity index (χ0v) is 19.4. The molecule has 0 aliphatic heterocycles. The Hall–Kier alpha value is -2.71. The Kier molecular flexibility index (Phi) is 3.92. The highest BCUT2D eigenvalue weighted by molar-refractivity contribution is 7.26. The number of hydrogen-bond acceptors (Lipinski definition) is 2. The van der Waals surface area contributed by atoms with E-state index in [-0.39, 0.29) is 10.8 Å². The molecule has 0 unspecified atom stereocenters. The Labute approximate surface area is 187 Å². The lowest BCUT2D eigenvalue weighted by atomic mass is 9.62. The van der Waals surface area contributed by atoms with Gasteiger partial charge in [0, 0.05) is 37.3 Å². The van der Waals surface area contributed by atoms with Gasteiger partial charge in [-0.25, -0.2) is 0 Å². The van der Waals surface area contributed by atoms with Gasteiger partial charge in [0.1, 0.15) is 0 Å². The molecule has 0 spiro atoms. The van der Waals surface area contributed by atoms with Crippen molar-refractivity contribution >= 4 is 42.3 Å². The molecule has 0 N–H and O–H groups in total. The molecular formula is C29H27NS. The lowest BCUT2D eigenvalue weighted by Gasteiger charge is -2.42. The van der Waals surface area contributed by atoms with Gasteiger partial charge in [-0.1, -0.05) is 64.1 Å². The van der Waals surface area contributed by atoms with Crippen molar-refractivity contribution in [3.63, 3.8) is 0 Å². The van der Waals surface area contributed by atoms with Gasteiger partial charge >= 0.3 is 0 Å². The van der Waals surface area contributed by atoms with Gasteiger partial charge in [-0.2, -0.15) is 0 Å². The van der Waals surface area contributed by atoms with Gasteiger partial charge in [-0.3, -0.25) is 4.98 Å². The van der Waals surface area contributed by atoms with Crippen LogP contribution in [-0.4, -0.2) is 4.98 Å². The van der Waals surface area contributed by atoms with Crippen LogP contribution in [0, 0.1) is 0 Å². The summed E-state index contributed by atoms with van der Waals surface area (Å²) in [5.74, 6) is 0. The molecule has 5 aromatic rings. The zero-order valence-electron chi connectivity index (χ0n) is 18.6. The number of rotatable bonds is 1. The fourth-order valence-corrected chi connectivity index (χ4v) is 6.66. The van der Waals surface area contributed by atoms with Crippen molar-refractivity contribution in [2.45, 2.75) is 51.4 Å². The summed E-state index contributed by atoms with van der Waals surface area (Å²) in [4.78, 5) is 4.79. The van der Waals surface area contributed by atoms with E-state index in [1.807, 2.05) is 17.5 Å². The number of nitrogens with zero attached hydrogens (tertiary/aromatic N) is 1. The van der Waals surface area contributed by atoms with E-state index in [4.69, 9.17) is 4.98 Å². The van der Waals surface area contributed by atoms with Crippen LogP contribution in [0.15, 0.2) is 66.9 Å². The second-order valence-corrected chi connectivity index (χ2v) is 11.4. The van der Waals surface area contributed by atoms with Crippen molar-refractivity contribution in [1.29, 1.82) is 0 Å². The number of thiophene rings is 1. The second kappa shape index (κ2) is 6.40. The first-order chi connectivity index (χ1) is 14.9. The third kappa shape index (κ3) is 2.78. The fraction of sp³-hybridized carbons (Fsp3) is 0.276. The maximum atomic E-state index is 4.79. The maximum absolute atomic E-state index is 4.79. The molecule has 154 valence electrons. The van der Waals surface area contributed by atoms with Crippen molar-refractivity contribution in [3.8, 4) is 11.3 Å². The molecule has 0 fully saturated rings. The summed E-state index contributed by atoms with van der Waals surface area (Å²) in [7, 11) is 0. The Morgan fingerprint density at radius 2 is 1.55 bits per heavy atom. The molecule has 0 bridgehead atoms. The molecule has 31 heavy (non-hydrogen) atoms. The molecule has 2 heteroatoms. The molecule has 0 radical (unpaired) electrons. The van der Waals surface area contributed by atoms with Crippen LogP contribution in [0.2, 0.25) is 0 Å². The van der Waals surface area contributed by atoms with Gasteiger partial charge in [-0.15, -0.1) is 11.3 Å². The topological polar surface area (TPSA) is 12.9 Å². The van der Waals surface area contributed by atoms with Crippen LogP contribution in [0.1, 0.15) is 51.7 Å². The summed E-state index contributed by atoms with van der Waals surface area (Å²) in [6.45, 7) is 9.69. The smallest absolute Gasteiger partial charge is 0.0780 e. The summed E-state index contributed by atoms with van der Waals surface area (Å²) in [5, 5.41) is 5.37. The monoisotopic (exact) mass is 421 g/mol. The minimum atomic E-state index is 0.185. The van der Waals surface area contributed by atoms with E-state index in [2.05, 4.69) is 88.4 Å². The average molecular weight is 422 g/mol. The number of aromatic nitrogens is 1. The van der Waals surface area contributed by atoms with Crippen molar-refractivity contribution in [3.05, 3.63) is 78.0 Å². The van der Waals surface area contributed by atoms with Gasteiger partial charge in [0.15, 0.2) is 0 Å². The van der Waals surface area contributed by atoms with Crippen LogP contribution >= 0.6 is 11.3 Å². The van der Waals surface area contributed by atoms with E-state index in [1.165, 1.54) is 54.9 Å². The van der Waals surface area contributed by atoms with E-state index >= 15 is 0 Å². The molecule has 0 atom stereocenters. The minimum absolute atomic E-state index is 0.185. The third-order valence-corrected chi connectivity index (χ3v) is 8.47. The van der Waals surface area contributed by atoms with E-state index in [0.717, 1.165) is 5.69 Å². The molecule has 6 rings (SSSR count). The summed E-state index contributed by atoms with van der Waals surface area (Å²) in [6.07, 6.45) is 4.41. The first-order valence-corrected chi connectivity index (χ1v) is 12.0. The van der Waals surface area contributed by atoms with Crippen LogP contribution in [0.25, 0.3) is 42.2 Å². The van der Waals surface area contributed by atoms with E-state index < -0.39 is 0 Å². The zero-order chi connectivity index (χ0) is 21.4. The lowest BCUT2D eigenvalue weighted by Crippen LogP contribution is -2.33. The first kappa shape index (κ1) is 19.0. The predicted molar refractivity (Wildman–Crippen MR) is 135 cm³/mol. The molecule has 3 aromatic carbocycles. The van der Waals surface area contributed by atoms with Crippen LogP contribution in [-0.2, 0) is 10.8 Å². The molecule has 1 nitrogen and oxygen atoms in total. The van der Waals surface area contributed by atoms with Gasteiger partial charge < -0.3 is 0 Å². The summed E-state index contributed by atoms with van der Waals surface area (Å²) < 4.78 is 2.78. The molecule has 0 amide bonds. The standard InChI is InChI=1S/C29H27NS/c1-28(2)13-14-29(3,4)26-22(28)10-11-23-25(26)21-17-20-19(16-24(21)31-23)12-15-30-27(20)18-8-6-5-7-9-18/h5-12,15-17H,13-14H2,1-4H3. The summed E-state index contributed by atoms with van der Waals surface area (Å²) >= 11 is 1.93. The minimum Gasteiger partial charge on any atom is -0.256 e. The second-order valence-electron chi connectivity index (χ2n) is 10.3. The largest absolute Gasteiger partial charge is 0.256 e. The summed E-state index contributed by atoms with van der Waals surface area (Å²) in [5.41, 5.74) is 5.76. The third-order valence-electron chi connectivity index (χ3n) is 7.35. The first-order valence-electron chi connectivity index (χ1n) is 11.2. The number of pyridine rings is 1. The number of fused-ring (bicyclic) bond motifs is 6. The molecule has 2 heterocycles. The number of benzene rings is 3. The van der Waals surface area contributed by atoms with Gasteiger partial charge in [0.25, 0.3) is 0 Å². The van der Waals surface area contributed by atoms with Crippen LogP contribution in [0.5, 0.6) is 0 Å². The van der Waals surface area contributed by atoms with Gasteiger partial charge in [0.2, 0.25) is 0 Å². The number of hydrogen-bond donors (Lipinski definition) is 0. The van der Waals surface area contributed by atoms with Crippen molar-refractivity contribution in [2.75, 3.05) is 0 Å². The highest BCUT2D eigenvalue weighted by Gasteiger charge is 2.38. The highest BCUT2D eigenvalue weighted by atomic mass is 32.1. The van der Waals surface area contributed by atoms with Gasteiger partial charge in [-0.05, 0) is 64.5 Å². The van der Waals surface area contributed by atoms with Crippen LogP contribution < -0.4 is 0 Å². The molecule has 1 aliphatic rings.